The average Bonchev–Trinajstić information content (AvgIpc) is 3.10. The quantitative estimate of drug-likeness (QED) is 0.564. The fourth-order valence-electron chi connectivity index (χ4n) is 3.18. The van der Waals surface area contributed by atoms with E-state index in [-0.39, 0.29) is 11.7 Å². The largest absolute Gasteiger partial charge is 0.338 e. The Kier molecular flexibility index (Phi) is 5.07. The number of anilines is 1. The first-order valence-electron chi connectivity index (χ1n) is 9.17. The van der Waals surface area contributed by atoms with Crippen molar-refractivity contribution in [2.24, 2.45) is 0 Å². The van der Waals surface area contributed by atoms with E-state index in [2.05, 4.69) is 4.98 Å². The van der Waals surface area contributed by atoms with Crippen LogP contribution >= 0.6 is 11.3 Å². The lowest BCUT2D eigenvalue weighted by Gasteiger charge is -2.21. The minimum absolute atomic E-state index is 0.0856. The van der Waals surface area contributed by atoms with Gasteiger partial charge in [0, 0.05) is 5.56 Å². The second kappa shape index (κ2) is 7.66. The van der Waals surface area contributed by atoms with Crippen molar-refractivity contribution in [2.45, 2.75) is 0 Å². The van der Waals surface area contributed by atoms with E-state index in [1.54, 1.807) is 11.0 Å². The van der Waals surface area contributed by atoms with E-state index in [9.17, 15) is 9.18 Å². The van der Waals surface area contributed by atoms with E-state index in [0.29, 0.717) is 22.8 Å². The molecule has 0 radical (unpaired) electrons. The van der Waals surface area contributed by atoms with Crippen LogP contribution in [-0.4, -0.2) is 38.1 Å². The SMILES string of the molecule is C[NH+](C)CCN(C(=O)c1cccc2ccccc12)c1nc2ccc(F)cc2s1. The van der Waals surface area contributed by atoms with Crippen molar-refractivity contribution in [2.75, 3.05) is 32.1 Å². The van der Waals surface area contributed by atoms with E-state index in [1.807, 2.05) is 56.6 Å². The summed E-state index contributed by atoms with van der Waals surface area (Å²) in [5.74, 6) is -0.384. The fourth-order valence-corrected chi connectivity index (χ4v) is 4.19. The topological polar surface area (TPSA) is 37.6 Å². The van der Waals surface area contributed by atoms with Gasteiger partial charge in [0.1, 0.15) is 5.82 Å². The van der Waals surface area contributed by atoms with Crippen molar-refractivity contribution < 1.29 is 14.1 Å². The van der Waals surface area contributed by atoms with Crippen LogP contribution in [0.15, 0.2) is 60.7 Å². The molecule has 1 N–H and O–H groups in total. The van der Waals surface area contributed by atoms with Crippen LogP contribution in [0.2, 0.25) is 0 Å². The number of hydrogen-bond donors (Lipinski definition) is 1. The zero-order chi connectivity index (χ0) is 19.7. The molecule has 1 aromatic heterocycles. The Morgan fingerprint density at radius 2 is 1.89 bits per heavy atom. The summed E-state index contributed by atoms with van der Waals surface area (Å²) in [6.07, 6.45) is 0. The summed E-state index contributed by atoms with van der Waals surface area (Å²) >= 11 is 1.34. The van der Waals surface area contributed by atoms with Crippen LogP contribution in [0.25, 0.3) is 21.0 Å². The smallest absolute Gasteiger partial charge is 0.260 e. The third-order valence-corrected chi connectivity index (χ3v) is 5.71. The maximum atomic E-state index is 13.6. The number of amides is 1. The summed E-state index contributed by atoms with van der Waals surface area (Å²) in [6, 6.07) is 18.1. The van der Waals surface area contributed by atoms with Crippen molar-refractivity contribution in [3.05, 3.63) is 72.0 Å². The third-order valence-electron chi connectivity index (χ3n) is 4.67. The predicted molar refractivity (Wildman–Crippen MR) is 113 cm³/mol. The van der Waals surface area contributed by atoms with Gasteiger partial charge in [-0.1, -0.05) is 47.7 Å². The van der Waals surface area contributed by atoms with Crippen LogP contribution in [0.1, 0.15) is 10.4 Å². The number of likely N-dealkylation sites (N-methyl/N-ethyl adjacent to an activating group) is 1. The normalized spacial score (nSPS) is 11.4. The van der Waals surface area contributed by atoms with Gasteiger partial charge >= 0.3 is 0 Å². The molecule has 0 saturated heterocycles. The molecule has 4 rings (SSSR count). The Morgan fingerprint density at radius 3 is 2.71 bits per heavy atom. The molecule has 0 unspecified atom stereocenters. The highest BCUT2D eigenvalue weighted by molar-refractivity contribution is 7.22. The van der Waals surface area contributed by atoms with Crippen LogP contribution in [0, 0.1) is 5.82 Å². The number of rotatable bonds is 5. The molecule has 0 saturated carbocycles. The van der Waals surface area contributed by atoms with Gasteiger partial charge in [-0.15, -0.1) is 0 Å². The Morgan fingerprint density at radius 1 is 1.11 bits per heavy atom. The van der Waals surface area contributed by atoms with E-state index in [0.717, 1.165) is 22.0 Å². The maximum absolute atomic E-state index is 13.6. The molecule has 0 aliphatic rings. The van der Waals surface area contributed by atoms with Gasteiger partial charge in [-0.2, -0.15) is 0 Å². The minimum Gasteiger partial charge on any atom is -0.338 e. The Bertz CT molecular complexity index is 1150. The van der Waals surface area contributed by atoms with Crippen molar-refractivity contribution in [3.63, 3.8) is 0 Å². The molecule has 0 aliphatic heterocycles. The molecule has 6 heteroatoms. The molecule has 28 heavy (non-hydrogen) atoms. The van der Waals surface area contributed by atoms with E-state index >= 15 is 0 Å². The Balaban J connectivity index is 1.79. The molecule has 4 nitrogen and oxygen atoms in total. The number of quaternary nitrogens is 1. The van der Waals surface area contributed by atoms with Crippen LogP contribution in [0.4, 0.5) is 9.52 Å². The molecule has 4 aromatic rings. The average molecular weight is 394 g/mol. The second-order valence-electron chi connectivity index (χ2n) is 7.05. The zero-order valence-corrected chi connectivity index (χ0v) is 16.6. The second-order valence-corrected chi connectivity index (χ2v) is 8.06. The number of aromatic nitrogens is 1. The molecule has 0 atom stereocenters. The monoisotopic (exact) mass is 394 g/mol. The number of halogens is 1. The van der Waals surface area contributed by atoms with Gasteiger partial charge in [0.2, 0.25) is 0 Å². The summed E-state index contributed by atoms with van der Waals surface area (Å²) in [4.78, 5) is 21.1. The molecule has 0 aliphatic carbocycles. The lowest BCUT2D eigenvalue weighted by Crippen LogP contribution is -3.06. The number of nitrogens with one attached hydrogen (secondary N) is 1. The summed E-state index contributed by atoms with van der Waals surface area (Å²) in [5.41, 5.74) is 1.35. The van der Waals surface area contributed by atoms with Gasteiger partial charge in [-0.3, -0.25) is 9.69 Å². The highest BCUT2D eigenvalue weighted by Gasteiger charge is 2.23. The first kappa shape index (κ1) is 18.5. The molecular formula is C22H21FN3OS+. The van der Waals surface area contributed by atoms with Crippen molar-refractivity contribution in [1.29, 1.82) is 0 Å². The van der Waals surface area contributed by atoms with Crippen LogP contribution in [-0.2, 0) is 0 Å². The first-order chi connectivity index (χ1) is 13.5. The van der Waals surface area contributed by atoms with Crippen LogP contribution < -0.4 is 9.80 Å². The summed E-state index contributed by atoms with van der Waals surface area (Å²) in [6.45, 7) is 1.31. The number of hydrogen-bond acceptors (Lipinski definition) is 3. The molecular weight excluding hydrogens is 373 g/mol. The number of nitrogens with zero attached hydrogens (tertiary/aromatic N) is 2. The molecule has 1 heterocycles. The van der Waals surface area contributed by atoms with E-state index in [1.165, 1.54) is 28.4 Å². The highest BCUT2D eigenvalue weighted by Crippen LogP contribution is 2.31. The standard InChI is InChI=1S/C22H20FN3OS/c1-25(2)12-13-26(22-24-19-11-10-16(23)14-20(19)28-22)21(27)18-9-5-7-15-6-3-4-8-17(15)18/h3-11,14H,12-13H2,1-2H3/p+1. The minimum atomic E-state index is -0.299. The van der Waals surface area contributed by atoms with Crippen molar-refractivity contribution >= 4 is 43.4 Å². The molecule has 0 fully saturated rings. The number of carbonyl (C=O) groups is 1. The van der Waals surface area contributed by atoms with Gasteiger partial charge in [-0.25, -0.2) is 9.37 Å². The Hall–Kier alpha value is -2.83. The number of fused-ring (bicyclic) bond motifs is 2. The fraction of sp³-hybridized carbons (Fsp3) is 0.182. The van der Waals surface area contributed by atoms with E-state index in [4.69, 9.17) is 0 Å². The Labute approximate surface area is 166 Å². The van der Waals surface area contributed by atoms with Gasteiger partial charge in [0.15, 0.2) is 5.13 Å². The highest BCUT2D eigenvalue weighted by atomic mass is 32.1. The molecule has 0 spiro atoms. The van der Waals surface area contributed by atoms with Gasteiger partial charge in [0.05, 0.1) is 37.4 Å². The lowest BCUT2D eigenvalue weighted by molar-refractivity contribution is -0.856. The van der Waals surface area contributed by atoms with E-state index < -0.39 is 0 Å². The lowest BCUT2D eigenvalue weighted by atomic mass is 10.0. The molecule has 1 amide bonds. The van der Waals surface area contributed by atoms with Crippen molar-refractivity contribution in [3.8, 4) is 0 Å². The van der Waals surface area contributed by atoms with Gasteiger partial charge in [-0.05, 0) is 35.0 Å². The molecule has 142 valence electrons. The number of carbonyl (C=O) groups excluding carboxylic acids is 1. The van der Waals surface area contributed by atoms with Gasteiger partial charge in [0.25, 0.3) is 5.91 Å². The maximum Gasteiger partial charge on any atom is 0.260 e. The molecule has 3 aromatic carbocycles. The summed E-state index contributed by atoms with van der Waals surface area (Å²) in [7, 11) is 4.10. The number of thiazole rings is 1. The summed E-state index contributed by atoms with van der Waals surface area (Å²) in [5, 5.41) is 2.54. The van der Waals surface area contributed by atoms with Crippen LogP contribution in [0.3, 0.4) is 0 Å². The van der Waals surface area contributed by atoms with Gasteiger partial charge < -0.3 is 4.90 Å². The molecule has 0 bridgehead atoms. The van der Waals surface area contributed by atoms with Crippen molar-refractivity contribution in [1.82, 2.24) is 4.98 Å². The zero-order valence-electron chi connectivity index (χ0n) is 15.8. The number of benzene rings is 3. The first-order valence-corrected chi connectivity index (χ1v) is 9.99. The van der Waals surface area contributed by atoms with Crippen LogP contribution in [0.5, 0.6) is 0 Å². The predicted octanol–water partition coefficient (Wildman–Crippen LogP) is 3.38. The third kappa shape index (κ3) is 3.61. The summed E-state index contributed by atoms with van der Waals surface area (Å²) < 4.78 is 14.3.